The summed E-state index contributed by atoms with van der Waals surface area (Å²) in [6.07, 6.45) is 0.460. The largest absolute Gasteiger partial charge is 0.444 e. The highest BCUT2D eigenvalue weighted by atomic mass is 16.6. The lowest BCUT2D eigenvalue weighted by molar-refractivity contribution is 0.0223. The molecule has 2 amide bonds. The maximum absolute atomic E-state index is 12.6. The number of carbonyl (C=O) groups is 2. The molecule has 2 aromatic carbocycles. The molecule has 0 bridgehead atoms. The van der Waals surface area contributed by atoms with Crippen LogP contribution < -0.4 is 5.48 Å². The normalized spacial score (nSPS) is 13.7. The number of nitrogens with zero attached hydrogens (tertiary/aromatic N) is 2. The lowest BCUT2D eigenvalue weighted by Gasteiger charge is -2.30. The minimum atomic E-state index is -0.530. The van der Waals surface area contributed by atoms with Crippen molar-refractivity contribution in [3.63, 3.8) is 0 Å². The van der Waals surface area contributed by atoms with Crippen molar-refractivity contribution in [2.45, 2.75) is 45.9 Å². The Morgan fingerprint density at radius 2 is 1.81 bits per heavy atom. The molecule has 1 aliphatic rings. The van der Waals surface area contributed by atoms with Gasteiger partial charge in [0.25, 0.3) is 5.91 Å². The molecule has 0 spiro atoms. The van der Waals surface area contributed by atoms with Crippen LogP contribution in [0.4, 0.5) is 4.79 Å². The fourth-order valence-corrected chi connectivity index (χ4v) is 4.07. The van der Waals surface area contributed by atoms with Gasteiger partial charge in [0, 0.05) is 47.2 Å². The number of hydroxylamine groups is 1. The molecule has 1 aromatic heterocycles. The van der Waals surface area contributed by atoms with Crippen molar-refractivity contribution in [3.05, 3.63) is 70.9 Å². The molecule has 2 heterocycles. The molecule has 31 heavy (non-hydrogen) atoms. The van der Waals surface area contributed by atoms with Crippen molar-refractivity contribution in [2.75, 3.05) is 6.54 Å². The molecule has 0 fully saturated rings. The van der Waals surface area contributed by atoms with E-state index in [1.165, 1.54) is 5.69 Å². The molecule has 3 aromatic rings. The van der Waals surface area contributed by atoms with Gasteiger partial charge in [-0.15, -0.1) is 0 Å². The second-order valence-corrected chi connectivity index (χ2v) is 8.82. The van der Waals surface area contributed by atoms with Crippen molar-refractivity contribution in [2.24, 2.45) is 0 Å². The Morgan fingerprint density at radius 3 is 2.48 bits per heavy atom. The fourth-order valence-electron chi connectivity index (χ4n) is 4.07. The molecule has 1 aliphatic heterocycles. The Balaban J connectivity index is 1.65. The number of para-hydroxylation sites is 1. The van der Waals surface area contributed by atoms with Gasteiger partial charge >= 0.3 is 6.09 Å². The molecule has 7 heteroatoms. The highest BCUT2D eigenvalue weighted by molar-refractivity contribution is 5.93. The van der Waals surface area contributed by atoms with Gasteiger partial charge in [-0.05, 0) is 44.5 Å². The van der Waals surface area contributed by atoms with Crippen molar-refractivity contribution < 1.29 is 19.5 Å². The van der Waals surface area contributed by atoms with Crippen LogP contribution in [0, 0.1) is 0 Å². The van der Waals surface area contributed by atoms with Crippen LogP contribution >= 0.6 is 0 Å². The van der Waals surface area contributed by atoms with Crippen molar-refractivity contribution >= 4 is 22.9 Å². The third-order valence-corrected chi connectivity index (χ3v) is 5.47. The lowest BCUT2D eigenvalue weighted by atomic mass is 10.0. The van der Waals surface area contributed by atoms with Gasteiger partial charge in [0.05, 0.1) is 6.54 Å². The van der Waals surface area contributed by atoms with E-state index in [1.54, 1.807) is 22.5 Å². The Morgan fingerprint density at radius 1 is 1.10 bits per heavy atom. The zero-order valence-corrected chi connectivity index (χ0v) is 18.0. The molecule has 0 saturated carbocycles. The molecular formula is C24H27N3O4. The van der Waals surface area contributed by atoms with Crippen LogP contribution in [0.25, 0.3) is 10.9 Å². The maximum Gasteiger partial charge on any atom is 0.410 e. The fraction of sp³-hybridized carbons (Fsp3) is 0.333. The quantitative estimate of drug-likeness (QED) is 0.493. The Hall–Kier alpha value is -3.32. The van der Waals surface area contributed by atoms with Crippen LogP contribution in [-0.2, 0) is 24.2 Å². The first-order valence-corrected chi connectivity index (χ1v) is 10.4. The lowest BCUT2D eigenvalue weighted by Crippen LogP contribution is -2.40. The van der Waals surface area contributed by atoms with Gasteiger partial charge in [-0.2, -0.15) is 0 Å². The van der Waals surface area contributed by atoms with Crippen molar-refractivity contribution in [3.8, 4) is 0 Å². The van der Waals surface area contributed by atoms with E-state index in [1.807, 2.05) is 45.0 Å². The summed E-state index contributed by atoms with van der Waals surface area (Å²) in [6, 6.07) is 15.4. The van der Waals surface area contributed by atoms with Gasteiger partial charge in [0.2, 0.25) is 0 Å². The van der Waals surface area contributed by atoms with E-state index in [2.05, 4.69) is 16.7 Å². The van der Waals surface area contributed by atoms with Gasteiger partial charge < -0.3 is 14.2 Å². The Kier molecular flexibility index (Phi) is 5.45. The number of hydrogen-bond acceptors (Lipinski definition) is 4. The third kappa shape index (κ3) is 4.27. The van der Waals surface area contributed by atoms with E-state index in [9.17, 15) is 9.59 Å². The average Bonchev–Trinajstić information content (AvgIpc) is 3.06. The molecule has 0 radical (unpaired) electrons. The molecular weight excluding hydrogens is 394 g/mol. The van der Waals surface area contributed by atoms with Crippen molar-refractivity contribution in [1.29, 1.82) is 0 Å². The van der Waals surface area contributed by atoms with Gasteiger partial charge in [0.1, 0.15) is 5.60 Å². The predicted octanol–water partition coefficient (Wildman–Crippen LogP) is 4.10. The summed E-state index contributed by atoms with van der Waals surface area (Å²) in [4.78, 5) is 26.0. The van der Waals surface area contributed by atoms with Gasteiger partial charge in [0.15, 0.2) is 0 Å². The Labute approximate surface area is 181 Å². The number of amides is 2. The zero-order valence-electron chi connectivity index (χ0n) is 18.0. The number of fused-ring (bicyclic) bond motifs is 3. The second-order valence-electron chi connectivity index (χ2n) is 8.82. The monoisotopic (exact) mass is 421 g/mol. The van der Waals surface area contributed by atoms with Crippen LogP contribution in [0.1, 0.15) is 48.0 Å². The topological polar surface area (TPSA) is 83.8 Å². The first kappa shape index (κ1) is 20.9. The predicted molar refractivity (Wildman–Crippen MR) is 117 cm³/mol. The molecule has 0 unspecified atom stereocenters. The number of ether oxygens (including phenoxy) is 1. The number of aromatic nitrogens is 1. The van der Waals surface area contributed by atoms with Crippen LogP contribution in [0.3, 0.4) is 0 Å². The Bertz CT molecular complexity index is 1130. The molecule has 0 atom stereocenters. The minimum absolute atomic E-state index is 0.285. The molecule has 0 saturated heterocycles. The van der Waals surface area contributed by atoms with E-state index in [4.69, 9.17) is 9.94 Å². The summed E-state index contributed by atoms with van der Waals surface area (Å²) >= 11 is 0. The van der Waals surface area contributed by atoms with Crippen molar-refractivity contribution in [1.82, 2.24) is 14.9 Å². The van der Waals surface area contributed by atoms with Crippen LogP contribution in [0.5, 0.6) is 0 Å². The summed E-state index contributed by atoms with van der Waals surface area (Å²) in [5.41, 5.74) is 6.08. The SMILES string of the molecule is CC(C)(C)OC(=O)N1CCc2c(c3ccccc3n2Cc2ccc(C(=O)NO)cc2)C1. The van der Waals surface area contributed by atoms with E-state index in [0.717, 1.165) is 28.5 Å². The molecule has 2 N–H and O–H groups in total. The summed E-state index contributed by atoms with van der Waals surface area (Å²) < 4.78 is 7.87. The molecule has 162 valence electrons. The highest BCUT2D eigenvalue weighted by Crippen LogP contribution is 2.32. The summed E-state index contributed by atoms with van der Waals surface area (Å²) in [7, 11) is 0. The number of benzene rings is 2. The standard InChI is InChI=1S/C24H27N3O4/c1-24(2,3)31-23(29)26-13-12-21-19(15-26)18-6-4-5-7-20(18)27(21)14-16-8-10-17(11-9-16)22(28)25-30/h4-11,30H,12-15H2,1-3H3,(H,25,28). The average molecular weight is 421 g/mol. The van der Waals surface area contributed by atoms with Crippen LogP contribution in [0.2, 0.25) is 0 Å². The van der Waals surface area contributed by atoms with E-state index in [-0.39, 0.29) is 6.09 Å². The molecule has 7 nitrogen and oxygen atoms in total. The number of nitrogens with one attached hydrogen (secondary N) is 1. The third-order valence-electron chi connectivity index (χ3n) is 5.47. The zero-order chi connectivity index (χ0) is 22.2. The first-order valence-electron chi connectivity index (χ1n) is 10.4. The summed E-state index contributed by atoms with van der Waals surface area (Å²) in [5.74, 6) is -0.530. The van der Waals surface area contributed by atoms with Gasteiger partial charge in [-0.3, -0.25) is 10.0 Å². The maximum atomic E-state index is 12.6. The van der Waals surface area contributed by atoms with Gasteiger partial charge in [-0.1, -0.05) is 30.3 Å². The molecule has 0 aliphatic carbocycles. The van der Waals surface area contributed by atoms with Gasteiger partial charge in [-0.25, -0.2) is 10.3 Å². The number of hydrogen-bond donors (Lipinski definition) is 2. The van der Waals surface area contributed by atoms with Crippen LogP contribution in [-0.4, -0.2) is 38.8 Å². The second kappa shape index (κ2) is 8.07. The van der Waals surface area contributed by atoms with E-state index < -0.39 is 11.5 Å². The van der Waals surface area contributed by atoms with E-state index in [0.29, 0.717) is 25.2 Å². The minimum Gasteiger partial charge on any atom is -0.444 e. The summed E-state index contributed by atoms with van der Waals surface area (Å²) in [5, 5.41) is 9.94. The van der Waals surface area contributed by atoms with Crippen LogP contribution in [0.15, 0.2) is 48.5 Å². The summed E-state index contributed by atoms with van der Waals surface area (Å²) in [6.45, 7) is 7.41. The highest BCUT2D eigenvalue weighted by Gasteiger charge is 2.29. The number of rotatable bonds is 3. The smallest absolute Gasteiger partial charge is 0.410 e. The first-order chi connectivity index (χ1) is 14.8. The number of carbonyl (C=O) groups excluding carboxylic acids is 2. The molecule has 4 rings (SSSR count). The van der Waals surface area contributed by atoms with E-state index >= 15 is 0 Å².